The molecule has 0 radical (unpaired) electrons. The Balaban J connectivity index is 2.13. The molecule has 1 atom stereocenters. The molecule has 26 heavy (non-hydrogen) atoms. The molecule has 0 saturated carbocycles. The second-order valence-electron chi connectivity index (χ2n) is 5.80. The van der Waals surface area contributed by atoms with Crippen molar-refractivity contribution in [2.75, 3.05) is 13.2 Å². The van der Waals surface area contributed by atoms with Crippen LogP contribution in [0.15, 0.2) is 42.5 Å². The Bertz CT molecular complexity index is 822. The highest BCUT2D eigenvalue weighted by Crippen LogP contribution is 2.31. The van der Waals surface area contributed by atoms with Crippen molar-refractivity contribution in [3.63, 3.8) is 0 Å². The van der Waals surface area contributed by atoms with E-state index in [0.29, 0.717) is 35.3 Å². The van der Waals surface area contributed by atoms with Gasteiger partial charge in [-0.25, -0.2) is 13.1 Å². The molecule has 0 bridgehead atoms. The summed E-state index contributed by atoms with van der Waals surface area (Å²) >= 11 is 5.84. The number of nitrogens with one attached hydrogen (secondary N) is 1. The van der Waals surface area contributed by atoms with Gasteiger partial charge in [0.1, 0.15) is 0 Å². The fourth-order valence-corrected chi connectivity index (χ4v) is 4.03. The molecule has 0 fully saturated rings. The van der Waals surface area contributed by atoms with Crippen LogP contribution in [-0.2, 0) is 15.8 Å². The molecule has 0 aliphatic rings. The maximum Gasteiger partial charge on any atom is 0.216 e. The molecule has 142 valence electrons. The SMILES string of the molecule is CCOc1ccc([C@H](C)NS(=O)(=O)Cc2ccc(Cl)cc2)cc1OCC. The second kappa shape index (κ2) is 9.26. The second-order valence-corrected chi connectivity index (χ2v) is 7.99. The predicted octanol–water partition coefficient (Wildman–Crippen LogP) is 4.32. The average Bonchev–Trinajstić information content (AvgIpc) is 2.58. The summed E-state index contributed by atoms with van der Waals surface area (Å²) in [6.07, 6.45) is 0. The van der Waals surface area contributed by atoms with Gasteiger partial charge >= 0.3 is 0 Å². The molecule has 5 nitrogen and oxygen atoms in total. The molecule has 0 heterocycles. The lowest BCUT2D eigenvalue weighted by atomic mass is 10.1. The van der Waals surface area contributed by atoms with Crippen molar-refractivity contribution in [1.82, 2.24) is 4.72 Å². The molecule has 0 aromatic heterocycles. The van der Waals surface area contributed by atoms with Crippen LogP contribution in [0.4, 0.5) is 0 Å². The zero-order valence-corrected chi connectivity index (χ0v) is 16.7. The lowest BCUT2D eigenvalue weighted by Gasteiger charge is -2.17. The molecule has 0 amide bonds. The molecule has 2 aromatic rings. The zero-order chi connectivity index (χ0) is 19.2. The van der Waals surface area contributed by atoms with Crippen LogP contribution < -0.4 is 14.2 Å². The van der Waals surface area contributed by atoms with Gasteiger partial charge in [-0.3, -0.25) is 0 Å². The summed E-state index contributed by atoms with van der Waals surface area (Å²) in [5, 5.41) is 0.574. The van der Waals surface area contributed by atoms with E-state index in [2.05, 4.69) is 4.72 Å². The van der Waals surface area contributed by atoms with Crippen LogP contribution in [0.1, 0.15) is 37.9 Å². The number of sulfonamides is 1. The van der Waals surface area contributed by atoms with Gasteiger partial charge in [-0.05, 0) is 56.2 Å². The first-order valence-corrected chi connectivity index (χ1v) is 10.5. The summed E-state index contributed by atoms with van der Waals surface area (Å²) in [7, 11) is -3.51. The minimum Gasteiger partial charge on any atom is -0.490 e. The van der Waals surface area contributed by atoms with Gasteiger partial charge < -0.3 is 9.47 Å². The summed E-state index contributed by atoms with van der Waals surface area (Å²) in [6, 6.07) is 11.8. The summed E-state index contributed by atoms with van der Waals surface area (Å²) in [5.74, 6) is 1.15. The van der Waals surface area contributed by atoms with E-state index in [1.165, 1.54) is 0 Å². The fraction of sp³-hybridized carbons (Fsp3) is 0.368. The van der Waals surface area contributed by atoms with E-state index in [1.54, 1.807) is 37.3 Å². The van der Waals surface area contributed by atoms with Crippen molar-refractivity contribution in [2.24, 2.45) is 0 Å². The number of rotatable bonds is 9. The van der Waals surface area contributed by atoms with Gasteiger partial charge in [-0.2, -0.15) is 0 Å². The molecule has 1 N–H and O–H groups in total. The number of benzene rings is 2. The number of hydrogen-bond donors (Lipinski definition) is 1. The molecular formula is C19H24ClNO4S. The van der Waals surface area contributed by atoms with E-state index >= 15 is 0 Å². The van der Waals surface area contributed by atoms with Crippen LogP contribution in [0.5, 0.6) is 11.5 Å². The van der Waals surface area contributed by atoms with Crippen LogP contribution >= 0.6 is 11.6 Å². The van der Waals surface area contributed by atoms with E-state index < -0.39 is 16.1 Å². The summed E-state index contributed by atoms with van der Waals surface area (Å²) in [5.41, 5.74) is 1.48. The summed E-state index contributed by atoms with van der Waals surface area (Å²) in [6.45, 7) is 6.62. The third kappa shape index (κ3) is 5.90. The molecule has 7 heteroatoms. The highest BCUT2D eigenvalue weighted by atomic mass is 35.5. The van der Waals surface area contributed by atoms with Crippen molar-refractivity contribution in [1.29, 1.82) is 0 Å². The monoisotopic (exact) mass is 397 g/mol. The molecule has 0 unspecified atom stereocenters. The highest BCUT2D eigenvalue weighted by molar-refractivity contribution is 7.88. The first-order chi connectivity index (χ1) is 12.3. The van der Waals surface area contributed by atoms with Crippen molar-refractivity contribution in [3.8, 4) is 11.5 Å². The van der Waals surface area contributed by atoms with Crippen LogP contribution in [-0.4, -0.2) is 21.6 Å². The van der Waals surface area contributed by atoms with Crippen molar-refractivity contribution < 1.29 is 17.9 Å². The minimum absolute atomic E-state index is 0.107. The Labute approximate surface area is 160 Å². The van der Waals surface area contributed by atoms with Crippen molar-refractivity contribution in [3.05, 3.63) is 58.6 Å². The maximum absolute atomic E-state index is 12.4. The summed E-state index contributed by atoms with van der Waals surface area (Å²) in [4.78, 5) is 0. The average molecular weight is 398 g/mol. The Morgan fingerprint density at radius 2 is 1.62 bits per heavy atom. The van der Waals surface area contributed by atoms with Crippen LogP contribution in [0.25, 0.3) is 0 Å². The van der Waals surface area contributed by atoms with E-state index in [1.807, 2.05) is 26.0 Å². The molecule has 0 saturated heterocycles. The molecule has 0 spiro atoms. The van der Waals surface area contributed by atoms with Gasteiger partial charge in [0.05, 0.1) is 19.0 Å². The van der Waals surface area contributed by atoms with Gasteiger partial charge in [0.15, 0.2) is 11.5 Å². The molecule has 0 aliphatic heterocycles. The third-order valence-corrected chi connectivity index (χ3v) is 5.37. The van der Waals surface area contributed by atoms with E-state index in [0.717, 1.165) is 5.56 Å². The molecule has 0 aliphatic carbocycles. The molecule has 2 aromatic carbocycles. The van der Waals surface area contributed by atoms with Gasteiger partial charge in [0, 0.05) is 11.1 Å². The molecule has 2 rings (SSSR count). The fourth-order valence-electron chi connectivity index (χ4n) is 2.52. The van der Waals surface area contributed by atoms with Crippen molar-refractivity contribution >= 4 is 21.6 Å². The van der Waals surface area contributed by atoms with Crippen molar-refractivity contribution in [2.45, 2.75) is 32.6 Å². The largest absolute Gasteiger partial charge is 0.490 e. The lowest BCUT2D eigenvalue weighted by Crippen LogP contribution is -2.28. The lowest BCUT2D eigenvalue weighted by molar-refractivity contribution is 0.287. The third-order valence-electron chi connectivity index (χ3n) is 3.69. The maximum atomic E-state index is 12.4. The number of hydrogen-bond acceptors (Lipinski definition) is 4. The van der Waals surface area contributed by atoms with Crippen LogP contribution in [0.3, 0.4) is 0 Å². The normalized spacial score (nSPS) is 12.6. The number of halogens is 1. The summed E-state index contributed by atoms with van der Waals surface area (Å²) < 4.78 is 38.7. The van der Waals surface area contributed by atoms with Gasteiger partial charge in [0.25, 0.3) is 0 Å². The first-order valence-electron chi connectivity index (χ1n) is 8.48. The van der Waals surface area contributed by atoms with Crippen LogP contribution in [0.2, 0.25) is 5.02 Å². The Kier molecular flexibility index (Phi) is 7.32. The smallest absolute Gasteiger partial charge is 0.216 e. The topological polar surface area (TPSA) is 64.6 Å². The highest BCUT2D eigenvalue weighted by Gasteiger charge is 2.18. The van der Waals surface area contributed by atoms with E-state index in [4.69, 9.17) is 21.1 Å². The van der Waals surface area contributed by atoms with Crippen LogP contribution in [0, 0.1) is 0 Å². The standard InChI is InChI=1S/C19H24ClNO4S/c1-4-24-18-11-8-16(12-19(18)25-5-2)14(3)21-26(22,23)13-15-6-9-17(20)10-7-15/h6-12,14,21H,4-5,13H2,1-3H3/t14-/m0/s1. The number of ether oxygens (including phenoxy) is 2. The molecular weight excluding hydrogens is 374 g/mol. The van der Waals surface area contributed by atoms with Gasteiger partial charge in [-0.15, -0.1) is 0 Å². The van der Waals surface area contributed by atoms with Gasteiger partial charge in [0.2, 0.25) is 10.0 Å². The first kappa shape index (κ1) is 20.6. The zero-order valence-electron chi connectivity index (χ0n) is 15.2. The predicted molar refractivity (Wildman–Crippen MR) is 104 cm³/mol. The van der Waals surface area contributed by atoms with E-state index in [-0.39, 0.29) is 5.75 Å². The van der Waals surface area contributed by atoms with Gasteiger partial charge in [-0.1, -0.05) is 29.8 Å². The minimum atomic E-state index is -3.51. The Hall–Kier alpha value is -1.76. The van der Waals surface area contributed by atoms with E-state index in [9.17, 15) is 8.42 Å². The quantitative estimate of drug-likeness (QED) is 0.684. The Morgan fingerprint density at radius 1 is 1.00 bits per heavy atom. The Morgan fingerprint density at radius 3 is 2.23 bits per heavy atom.